The molecule has 0 aliphatic carbocycles. The zero-order valence-corrected chi connectivity index (χ0v) is 11.3. The summed E-state index contributed by atoms with van der Waals surface area (Å²) in [5.74, 6) is 1.41. The van der Waals surface area contributed by atoms with E-state index in [4.69, 9.17) is 4.42 Å². The van der Waals surface area contributed by atoms with Crippen LogP contribution in [0.5, 0.6) is 0 Å². The van der Waals surface area contributed by atoms with Crippen LogP contribution in [0.1, 0.15) is 30.7 Å². The molecule has 0 spiro atoms. The van der Waals surface area contributed by atoms with Crippen LogP contribution in [0.4, 0.5) is 0 Å². The van der Waals surface area contributed by atoms with E-state index in [2.05, 4.69) is 29.1 Å². The molecule has 0 aliphatic heterocycles. The maximum absolute atomic E-state index is 5.40. The van der Waals surface area contributed by atoms with Crippen molar-refractivity contribution in [3.05, 3.63) is 35.3 Å². The number of nitrogens with zero attached hydrogens (tertiary/aromatic N) is 2. The van der Waals surface area contributed by atoms with E-state index in [9.17, 15) is 0 Å². The summed E-state index contributed by atoms with van der Waals surface area (Å²) in [4.78, 5) is 8.89. The van der Waals surface area contributed by atoms with Crippen molar-refractivity contribution in [2.24, 2.45) is 0 Å². The highest BCUT2D eigenvalue weighted by Crippen LogP contribution is 2.21. The van der Waals surface area contributed by atoms with Gasteiger partial charge in [-0.15, -0.1) is 0 Å². The van der Waals surface area contributed by atoms with Gasteiger partial charge in [-0.25, -0.2) is 9.97 Å². The van der Waals surface area contributed by atoms with Gasteiger partial charge in [0.15, 0.2) is 11.6 Å². The Labute approximate surface area is 107 Å². The van der Waals surface area contributed by atoms with Gasteiger partial charge in [0.1, 0.15) is 0 Å². The van der Waals surface area contributed by atoms with Crippen LogP contribution < -0.4 is 5.32 Å². The van der Waals surface area contributed by atoms with Crippen molar-refractivity contribution in [2.45, 2.75) is 40.3 Å². The van der Waals surface area contributed by atoms with Crippen molar-refractivity contribution in [3.8, 4) is 11.6 Å². The van der Waals surface area contributed by atoms with E-state index in [-0.39, 0.29) is 0 Å². The fraction of sp³-hybridized carbons (Fsp3) is 0.429. The minimum Gasteiger partial charge on any atom is -0.461 e. The molecule has 18 heavy (non-hydrogen) atoms. The van der Waals surface area contributed by atoms with Crippen LogP contribution in [0.15, 0.2) is 22.9 Å². The monoisotopic (exact) mass is 245 g/mol. The zero-order chi connectivity index (χ0) is 13.1. The highest BCUT2D eigenvalue weighted by Gasteiger charge is 2.10. The summed E-state index contributed by atoms with van der Waals surface area (Å²) in [5.41, 5.74) is 3.17. The number of hydrogen-bond donors (Lipinski definition) is 1. The van der Waals surface area contributed by atoms with Crippen LogP contribution in [-0.4, -0.2) is 16.0 Å². The number of nitrogens with one attached hydrogen (secondary N) is 1. The van der Waals surface area contributed by atoms with Crippen LogP contribution >= 0.6 is 0 Å². The fourth-order valence-corrected chi connectivity index (χ4v) is 1.69. The third-order valence-electron chi connectivity index (χ3n) is 2.85. The number of aromatic nitrogens is 2. The Kier molecular flexibility index (Phi) is 3.77. The normalized spacial score (nSPS) is 11.2. The average Bonchev–Trinajstić information content (AvgIpc) is 2.73. The predicted molar refractivity (Wildman–Crippen MR) is 71.2 cm³/mol. The molecule has 0 unspecified atom stereocenters. The van der Waals surface area contributed by atoms with Gasteiger partial charge in [0.05, 0.1) is 6.26 Å². The Balaban J connectivity index is 2.22. The van der Waals surface area contributed by atoms with Gasteiger partial charge in [0, 0.05) is 30.0 Å². The van der Waals surface area contributed by atoms with Crippen molar-refractivity contribution in [3.63, 3.8) is 0 Å². The lowest BCUT2D eigenvalue weighted by atomic mass is 10.2. The molecule has 2 aromatic rings. The number of aryl methyl sites for hydroxylation is 2. The first-order chi connectivity index (χ1) is 8.58. The Morgan fingerprint density at radius 3 is 2.67 bits per heavy atom. The van der Waals surface area contributed by atoms with Gasteiger partial charge in [-0.05, 0) is 25.5 Å². The molecule has 4 nitrogen and oxygen atoms in total. The van der Waals surface area contributed by atoms with Crippen LogP contribution in [-0.2, 0) is 6.54 Å². The minimum atomic E-state index is 0.455. The molecule has 0 aliphatic rings. The van der Waals surface area contributed by atoms with E-state index in [0.717, 1.165) is 29.1 Å². The summed E-state index contributed by atoms with van der Waals surface area (Å²) in [5, 5.41) is 3.36. The van der Waals surface area contributed by atoms with E-state index in [1.807, 2.05) is 26.1 Å². The standard InChI is InChI=1S/C14H19N3O/c1-9(2)15-7-12-8-16-14(17-11(12)4)13-10(3)5-6-18-13/h5-6,8-9,15H,7H2,1-4H3. The Morgan fingerprint density at radius 2 is 2.11 bits per heavy atom. The van der Waals surface area contributed by atoms with Gasteiger partial charge in [-0.3, -0.25) is 0 Å². The highest BCUT2D eigenvalue weighted by atomic mass is 16.3. The summed E-state index contributed by atoms with van der Waals surface area (Å²) >= 11 is 0. The zero-order valence-electron chi connectivity index (χ0n) is 11.3. The smallest absolute Gasteiger partial charge is 0.196 e. The summed E-state index contributed by atoms with van der Waals surface area (Å²) < 4.78 is 5.40. The van der Waals surface area contributed by atoms with E-state index in [0.29, 0.717) is 11.9 Å². The molecule has 0 aromatic carbocycles. The molecule has 0 atom stereocenters. The molecule has 0 bridgehead atoms. The molecule has 0 saturated carbocycles. The molecular weight excluding hydrogens is 226 g/mol. The fourth-order valence-electron chi connectivity index (χ4n) is 1.69. The average molecular weight is 245 g/mol. The number of rotatable bonds is 4. The van der Waals surface area contributed by atoms with Gasteiger partial charge in [-0.2, -0.15) is 0 Å². The van der Waals surface area contributed by atoms with Gasteiger partial charge < -0.3 is 9.73 Å². The SMILES string of the molecule is Cc1ccoc1-c1ncc(CNC(C)C)c(C)n1. The molecule has 2 rings (SSSR count). The van der Waals surface area contributed by atoms with E-state index >= 15 is 0 Å². The third kappa shape index (κ3) is 2.76. The molecule has 2 heterocycles. The highest BCUT2D eigenvalue weighted by molar-refractivity contribution is 5.52. The second-order valence-electron chi connectivity index (χ2n) is 4.77. The van der Waals surface area contributed by atoms with Gasteiger partial charge >= 0.3 is 0 Å². The molecular formula is C14H19N3O. The second-order valence-corrected chi connectivity index (χ2v) is 4.77. The van der Waals surface area contributed by atoms with Crippen molar-refractivity contribution in [1.82, 2.24) is 15.3 Å². The molecule has 1 N–H and O–H groups in total. The molecule has 96 valence electrons. The maximum Gasteiger partial charge on any atom is 0.196 e. The van der Waals surface area contributed by atoms with Crippen LogP contribution in [0.2, 0.25) is 0 Å². The summed E-state index contributed by atoms with van der Waals surface area (Å²) in [6, 6.07) is 2.37. The maximum atomic E-state index is 5.40. The summed E-state index contributed by atoms with van der Waals surface area (Å²) in [7, 11) is 0. The molecule has 0 radical (unpaired) electrons. The van der Waals surface area contributed by atoms with E-state index < -0.39 is 0 Å². The van der Waals surface area contributed by atoms with Crippen LogP contribution in [0.3, 0.4) is 0 Å². The van der Waals surface area contributed by atoms with Gasteiger partial charge in [0.2, 0.25) is 0 Å². The minimum absolute atomic E-state index is 0.455. The van der Waals surface area contributed by atoms with Crippen molar-refractivity contribution in [1.29, 1.82) is 0 Å². The Hall–Kier alpha value is -1.68. The quantitative estimate of drug-likeness (QED) is 0.900. The van der Waals surface area contributed by atoms with Crippen LogP contribution in [0.25, 0.3) is 11.6 Å². The van der Waals surface area contributed by atoms with Gasteiger partial charge in [0.25, 0.3) is 0 Å². The van der Waals surface area contributed by atoms with Crippen molar-refractivity contribution in [2.75, 3.05) is 0 Å². The lowest BCUT2D eigenvalue weighted by Crippen LogP contribution is -2.22. The lowest BCUT2D eigenvalue weighted by molar-refractivity contribution is 0.572. The first-order valence-corrected chi connectivity index (χ1v) is 6.18. The molecule has 4 heteroatoms. The summed E-state index contributed by atoms with van der Waals surface area (Å²) in [6.07, 6.45) is 3.53. The molecule has 0 amide bonds. The first-order valence-electron chi connectivity index (χ1n) is 6.18. The van der Waals surface area contributed by atoms with E-state index in [1.54, 1.807) is 6.26 Å². The Bertz CT molecular complexity index is 532. The number of hydrogen-bond acceptors (Lipinski definition) is 4. The molecule has 0 fully saturated rings. The van der Waals surface area contributed by atoms with Crippen LogP contribution in [0, 0.1) is 13.8 Å². The molecule has 0 saturated heterocycles. The number of furan rings is 1. The lowest BCUT2D eigenvalue weighted by Gasteiger charge is -2.10. The molecule has 2 aromatic heterocycles. The largest absolute Gasteiger partial charge is 0.461 e. The van der Waals surface area contributed by atoms with Crippen molar-refractivity contribution < 1.29 is 4.42 Å². The second kappa shape index (κ2) is 5.31. The predicted octanol–water partition coefficient (Wildman–Crippen LogP) is 2.85. The Morgan fingerprint density at radius 1 is 1.33 bits per heavy atom. The van der Waals surface area contributed by atoms with Crippen molar-refractivity contribution >= 4 is 0 Å². The third-order valence-corrected chi connectivity index (χ3v) is 2.85. The first kappa shape index (κ1) is 12.8. The van der Waals surface area contributed by atoms with Gasteiger partial charge in [-0.1, -0.05) is 13.8 Å². The summed E-state index contributed by atoms with van der Waals surface area (Å²) in [6.45, 7) is 9.03. The topological polar surface area (TPSA) is 51.0 Å². The van der Waals surface area contributed by atoms with E-state index in [1.165, 1.54) is 0 Å².